The number of aromatic nitrogens is 2. The fourth-order valence-electron chi connectivity index (χ4n) is 2.57. The van der Waals surface area contributed by atoms with Crippen molar-refractivity contribution in [1.82, 2.24) is 15.3 Å². The number of ether oxygens (including phenoxy) is 1. The minimum Gasteiger partial charge on any atom is -0.481 e. The van der Waals surface area contributed by atoms with Crippen molar-refractivity contribution in [3.05, 3.63) is 46.6 Å². The Kier molecular flexibility index (Phi) is 4.35. The smallest absolute Gasteiger partial charge is 0.251 e. The number of carbonyl (C=O) groups is 1. The molecule has 0 aliphatic carbocycles. The van der Waals surface area contributed by atoms with Crippen molar-refractivity contribution in [2.75, 3.05) is 12.8 Å². The predicted molar refractivity (Wildman–Crippen MR) is 95.5 cm³/mol. The zero-order chi connectivity index (χ0) is 17.3. The van der Waals surface area contributed by atoms with Crippen LogP contribution in [-0.4, -0.2) is 23.0 Å². The molecule has 0 fully saturated rings. The fourth-order valence-corrected chi connectivity index (χ4v) is 3.28. The van der Waals surface area contributed by atoms with Crippen molar-refractivity contribution in [3.63, 3.8) is 0 Å². The van der Waals surface area contributed by atoms with E-state index in [9.17, 15) is 4.79 Å². The second-order valence-electron chi connectivity index (χ2n) is 5.49. The highest BCUT2D eigenvalue weighted by atomic mass is 32.1. The maximum atomic E-state index is 12.4. The number of fused-ring (bicyclic) bond motifs is 1. The first-order valence-corrected chi connectivity index (χ1v) is 8.25. The van der Waals surface area contributed by atoms with Gasteiger partial charge in [0.15, 0.2) is 5.13 Å². The van der Waals surface area contributed by atoms with Crippen LogP contribution in [0.25, 0.3) is 10.2 Å². The zero-order valence-electron chi connectivity index (χ0n) is 13.7. The number of methoxy groups -OCH3 is 1. The van der Waals surface area contributed by atoms with Crippen molar-refractivity contribution in [2.24, 2.45) is 0 Å². The molecule has 0 spiro atoms. The van der Waals surface area contributed by atoms with E-state index in [1.165, 1.54) is 11.3 Å². The Hall–Kier alpha value is -2.67. The molecular weight excluding hydrogens is 324 g/mol. The van der Waals surface area contributed by atoms with Gasteiger partial charge in [0, 0.05) is 23.4 Å². The van der Waals surface area contributed by atoms with Crippen LogP contribution in [0.3, 0.4) is 0 Å². The zero-order valence-corrected chi connectivity index (χ0v) is 14.5. The first kappa shape index (κ1) is 16.2. The van der Waals surface area contributed by atoms with E-state index in [2.05, 4.69) is 15.3 Å². The van der Waals surface area contributed by atoms with Crippen LogP contribution < -0.4 is 15.8 Å². The summed E-state index contributed by atoms with van der Waals surface area (Å²) < 4.78 is 6.28. The predicted octanol–water partition coefficient (Wildman–Crippen LogP) is 2.83. The molecule has 0 aliphatic heterocycles. The topological polar surface area (TPSA) is 90.1 Å². The molecule has 0 saturated carbocycles. The lowest BCUT2D eigenvalue weighted by Gasteiger charge is -2.12. The highest BCUT2D eigenvalue weighted by Gasteiger charge is 2.13. The molecule has 0 bridgehead atoms. The number of amides is 1. The number of hydrogen-bond acceptors (Lipinski definition) is 6. The number of nitrogens with zero attached hydrogens (tertiary/aromatic N) is 2. The summed E-state index contributed by atoms with van der Waals surface area (Å²) >= 11 is 1.40. The minimum absolute atomic E-state index is 0.175. The number of anilines is 1. The average Bonchev–Trinajstić information content (AvgIpc) is 2.92. The molecule has 0 unspecified atom stereocenters. The lowest BCUT2D eigenvalue weighted by Crippen LogP contribution is -2.23. The molecule has 2 aromatic heterocycles. The van der Waals surface area contributed by atoms with E-state index in [0.29, 0.717) is 23.1 Å². The second kappa shape index (κ2) is 6.45. The molecule has 0 saturated heterocycles. The van der Waals surface area contributed by atoms with E-state index in [1.54, 1.807) is 19.2 Å². The van der Waals surface area contributed by atoms with Gasteiger partial charge < -0.3 is 15.8 Å². The van der Waals surface area contributed by atoms with Gasteiger partial charge in [-0.2, -0.15) is 0 Å². The number of rotatable bonds is 4. The summed E-state index contributed by atoms with van der Waals surface area (Å²) in [6.45, 7) is 4.23. The molecule has 3 N–H and O–H groups in total. The number of aryl methyl sites for hydroxylation is 2. The maximum absolute atomic E-state index is 12.4. The van der Waals surface area contributed by atoms with E-state index in [-0.39, 0.29) is 5.91 Å². The molecule has 6 nitrogen and oxygen atoms in total. The fraction of sp³-hybridized carbons (Fsp3) is 0.235. The molecule has 7 heteroatoms. The van der Waals surface area contributed by atoms with Crippen LogP contribution in [0, 0.1) is 13.8 Å². The molecule has 24 heavy (non-hydrogen) atoms. The summed E-state index contributed by atoms with van der Waals surface area (Å²) in [5.41, 5.74) is 9.76. The van der Waals surface area contributed by atoms with Gasteiger partial charge >= 0.3 is 0 Å². The Morgan fingerprint density at radius 2 is 2.08 bits per heavy atom. The Morgan fingerprint density at radius 3 is 2.83 bits per heavy atom. The molecule has 0 radical (unpaired) electrons. The number of nitrogens with two attached hydrogens (primary N) is 1. The third-order valence-electron chi connectivity index (χ3n) is 3.72. The van der Waals surface area contributed by atoms with Crippen LogP contribution in [0.2, 0.25) is 0 Å². The Balaban J connectivity index is 1.79. The number of nitrogen functional groups attached to an aromatic ring is 1. The summed E-state index contributed by atoms with van der Waals surface area (Å²) in [6.07, 6.45) is 0. The third-order valence-corrected chi connectivity index (χ3v) is 4.59. The minimum atomic E-state index is -0.175. The van der Waals surface area contributed by atoms with Crippen molar-refractivity contribution in [1.29, 1.82) is 0 Å². The summed E-state index contributed by atoms with van der Waals surface area (Å²) in [7, 11) is 1.58. The van der Waals surface area contributed by atoms with Gasteiger partial charge in [-0.3, -0.25) is 4.79 Å². The normalized spacial score (nSPS) is 10.8. The molecule has 3 rings (SSSR count). The molecule has 3 aromatic rings. The Labute approximate surface area is 143 Å². The van der Waals surface area contributed by atoms with Gasteiger partial charge in [-0.05, 0) is 43.7 Å². The number of carbonyl (C=O) groups excluding carboxylic acids is 1. The number of hydrogen-bond donors (Lipinski definition) is 2. The van der Waals surface area contributed by atoms with Crippen LogP contribution in [-0.2, 0) is 6.54 Å². The second-order valence-corrected chi connectivity index (χ2v) is 6.55. The van der Waals surface area contributed by atoms with Crippen LogP contribution in [0.4, 0.5) is 5.13 Å². The quantitative estimate of drug-likeness (QED) is 0.761. The molecule has 124 valence electrons. The molecule has 0 atom stereocenters. The van der Waals surface area contributed by atoms with Gasteiger partial charge in [0.05, 0.1) is 17.3 Å². The first-order chi connectivity index (χ1) is 11.5. The van der Waals surface area contributed by atoms with E-state index in [4.69, 9.17) is 10.5 Å². The average molecular weight is 342 g/mol. The van der Waals surface area contributed by atoms with Gasteiger partial charge in [0.2, 0.25) is 5.88 Å². The molecule has 0 aliphatic rings. The van der Waals surface area contributed by atoms with Gasteiger partial charge in [-0.1, -0.05) is 11.3 Å². The van der Waals surface area contributed by atoms with Gasteiger partial charge in [0.1, 0.15) is 0 Å². The van der Waals surface area contributed by atoms with E-state index >= 15 is 0 Å². The van der Waals surface area contributed by atoms with Crippen LogP contribution in [0.5, 0.6) is 5.88 Å². The largest absolute Gasteiger partial charge is 0.481 e. The number of pyridine rings is 1. The Bertz CT molecular complexity index is 920. The summed E-state index contributed by atoms with van der Waals surface area (Å²) in [4.78, 5) is 21.0. The van der Waals surface area contributed by atoms with Crippen LogP contribution >= 0.6 is 11.3 Å². The lowest BCUT2D eigenvalue weighted by molar-refractivity contribution is 0.0950. The highest BCUT2D eigenvalue weighted by molar-refractivity contribution is 7.22. The van der Waals surface area contributed by atoms with E-state index in [1.807, 2.05) is 26.0 Å². The van der Waals surface area contributed by atoms with Gasteiger partial charge in [-0.15, -0.1) is 0 Å². The van der Waals surface area contributed by atoms with Crippen molar-refractivity contribution < 1.29 is 9.53 Å². The maximum Gasteiger partial charge on any atom is 0.251 e. The third kappa shape index (κ3) is 3.16. The van der Waals surface area contributed by atoms with Crippen molar-refractivity contribution in [3.8, 4) is 5.88 Å². The summed E-state index contributed by atoms with van der Waals surface area (Å²) in [6, 6.07) is 7.34. The van der Waals surface area contributed by atoms with Crippen LogP contribution in [0.1, 0.15) is 27.2 Å². The van der Waals surface area contributed by atoms with E-state index in [0.717, 1.165) is 27.0 Å². The standard InChI is InChI=1S/C17H18N4O2S/c1-9-6-10(2)20-16(23-3)12(9)8-19-15(22)11-4-5-14-13(7-11)21-17(18)24-14/h4-7H,8H2,1-3H3,(H2,18,21)(H,19,22). The first-order valence-electron chi connectivity index (χ1n) is 7.43. The van der Waals surface area contributed by atoms with Crippen molar-refractivity contribution in [2.45, 2.75) is 20.4 Å². The Morgan fingerprint density at radius 1 is 1.29 bits per heavy atom. The SMILES string of the molecule is COc1nc(C)cc(C)c1CNC(=O)c1ccc2sc(N)nc2c1. The number of thiazole rings is 1. The van der Waals surface area contributed by atoms with Gasteiger partial charge in [0.25, 0.3) is 5.91 Å². The summed E-state index contributed by atoms with van der Waals surface area (Å²) in [5, 5.41) is 3.40. The van der Waals surface area contributed by atoms with Crippen molar-refractivity contribution >= 4 is 32.6 Å². The van der Waals surface area contributed by atoms with Gasteiger partial charge in [-0.25, -0.2) is 9.97 Å². The molecule has 2 heterocycles. The summed E-state index contributed by atoms with van der Waals surface area (Å²) in [5.74, 6) is 0.362. The highest BCUT2D eigenvalue weighted by Crippen LogP contribution is 2.25. The molecule has 1 amide bonds. The number of nitrogens with one attached hydrogen (secondary N) is 1. The molecule has 1 aromatic carbocycles. The molecular formula is C17H18N4O2S. The number of benzene rings is 1. The van der Waals surface area contributed by atoms with E-state index < -0.39 is 0 Å². The lowest BCUT2D eigenvalue weighted by atomic mass is 10.1. The van der Waals surface area contributed by atoms with Crippen LogP contribution in [0.15, 0.2) is 24.3 Å². The monoisotopic (exact) mass is 342 g/mol.